The molecule has 2 aromatic carbocycles. The number of fused-ring (bicyclic) bond motifs is 1. The highest BCUT2D eigenvalue weighted by molar-refractivity contribution is 6.42. The number of benzene rings is 2. The molecule has 2 aromatic rings. The summed E-state index contributed by atoms with van der Waals surface area (Å²) in [6.07, 6.45) is 4.23. The Balaban J connectivity index is 1.86. The third-order valence-electron chi connectivity index (χ3n) is 4.60. The van der Waals surface area contributed by atoms with Crippen LogP contribution in [0.1, 0.15) is 23.1 Å². The normalized spacial score (nSPS) is 21.1. The topological polar surface area (TPSA) is 26.0 Å². The predicted molar refractivity (Wildman–Crippen MR) is 90.1 cm³/mol. The molecule has 3 heteroatoms. The second-order valence-corrected chi connectivity index (χ2v) is 6.89. The number of hydrogen-bond donors (Lipinski definition) is 1. The van der Waals surface area contributed by atoms with Gasteiger partial charge in [0.2, 0.25) is 0 Å². The summed E-state index contributed by atoms with van der Waals surface area (Å²) >= 11 is 12.1. The Bertz CT molecular complexity index is 653. The van der Waals surface area contributed by atoms with Crippen LogP contribution < -0.4 is 5.73 Å². The van der Waals surface area contributed by atoms with Crippen LogP contribution >= 0.6 is 23.2 Å². The molecule has 1 nitrogen and oxygen atoms in total. The average Bonchev–Trinajstić information content (AvgIpc) is 2.51. The molecule has 1 aliphatic carbocycles. The van der Waals surface area contributed by atoms with Crippen molar-refractivity contribution in [2.75, 3.05) is 6.54 Å². The van der Waals surface area contributed by atoms with Crippen molar-refractivity contribution in [3.05, 3.63) is 69.2 Å². The molecule has 0 saturated carbocycles. The van der Waals surface area contributed by atoms with E-state index in [9.17, 15) is 0 Å². The Morgan fingerprint density at radius 3 is 2.48 bits per heavy atom. The van der Waals surface area contributed by atoms with Crippen molar-refractivity contribution in [1.29, 1.82) is 0 Å². The van der Waals surface area contributed by atoms with Crippen LogP contribution in [0.5, 0.6) is 0 Å². The van der Waals surface area contributed by atoms with Gasteiger partial charge in [0.15, 0.2) is 0 Å². The van der Waals surface area contributed by atoms with E-state index in [4.69, 9.17) is 28.9 Å². The SMILES string of the molecule is NCC1(Cc2ccc(Cl)c(Cl)c2)CCc2ccccc2C1. The third-order valence-corrected chi connectivity index (χ3v) is 5.34. The van der Waals surface area contributed by atoms with E-state index in [2.05, 4.69) is 30.3 Å². The Morgan fingerprint density at radius 2 is 1.76 bits per heavy atom. The predicted octanol–water partition coefficient (Wildman–Crippen LogP) is 4.67. The molecule has 1 atom stereocenters. The maximum absolute atomic E-state index is 6.15. The van der Waals surface area contributed by atoms with Crippen LogP contribution in [0.3, 0.4) is 0 Å². The maximum Gasteiger partial charge on any atom is 0.0595 e. The van der Waals surface area contributed by atoms with Crippen molar-refractivity contribution >= 4 is 23.2 Å². The molecular formula is C18H19Cl2N. The molecule has 0 aliphatic heterocycles. The minimum atomic E-state index is 0.130. The summed E-state index contributed by atoms with van der Waals surface area (Å²) in [4.78, 5) is 0. The number of halogens is 2. The smallest absolute Gasteiger partial charge is 0.0595 e. The summed E-state index contributed by atoms with van der Waals surface area (Å²) in [6.45, 7) is 0.696. The lowest BCUT2D eigenvalue weighted by atomic mass is 9.68. The molecule has 0 radical (unpaired) electrons. The van der Waals surface area contributed by atoms with Crippen LogP contribution in [0.2, 0.25) is 10.0 Å². The molecule has 110 valence electrons. The van der Waals surface area contributed by atoms with Gasteiger partial charge in [-0.15, -0.1) is 0 Å². The van der Waals surface area contributed by atoms with Crippen LogP contribution in [0, 0.1) is 5.41 Å². The van der Waals surface area contributed by atoms with E-state index in [-0.39, 0.29) is 5.41 Å². The molecule has 0 aromatic heterocycles. The second-order valence-electron chi connectivity index (χ2n) is 6.07. The highest BCUT2D eigenvalue weighted by Crippen LogP contribution is 2.38. The first-order valence-corrected chi connectivity index (χ1v) is 8.08. The molecule has 21 heavy (non-hydrogen) atoms. The zero-order valence-corrected chi connectivity index (χ0v) is 13.4. The molecule has 1 unspecified atom stereocenters. The molecule has 0 saturated heterocycles. The summed E-state index contributed by atoms with van der Waals surface area (Å²) in [5.41, 5.74) is 10.4. The Labute approximate surface area is 136 Å². The van der Waals surface area contributed by atoms with Gasteiger partial charge in [-0.05, 0) is 66.5 Å². The van der Waals surface area contributed by atoms with E-state index >= 15 is 0 Å². The third kappa shape index (κ3) is 3.11. The van der Waals surface area contributed by atoms with Gasteiger partial charge in [-0.2, -0.15) is 0 Å². The van der Waals surface area contributed by atoms with E-state index in [0.29, 0.717) is 16.6 Å². The van der Waals surface area contributed by atoms with Gasteiger partial charge in [0.05, 0.1) is 10.0 Å². The Morgan fingerprint density at radius 1 is 1.00 bits per heavy atom. The first-order valence-electron chi connectivity index (χ1n) is 7.33. The number of aryl methyl sites for hydroxylation is 1. The second kappa shape index (κ2) is 6.00. The lowest BCUT2D eigenvalue weighted by Crippen LogP contribution is -2.38. The van der Waals surface area contributed by atoms with E-state index < -0.39 is 0 Å². The molecule has 0 spiro atoms. The van der Waals surface area contributed by atoms with Gasteiger partial charge in [0, 0.05) is 0 Å². The largest absolute Gasteiger partial charge is 0.330 e. The first kappa shape index (κ1) is 14.9. The monoisotopic (exact) mass is 319 g/mol. The zero-order valence-electron chi connectivity index (χ0n) is 11.9. The van der Waals surface area contributed by atoms with Crippen molar-refractivity contribution in [3.8, 4) is 0 Å². The fourth-order valence-electron chi connectivity index (χ4n) is 3.35. The van der Waals surface area contributed by atoms with Crippen LogP contribution in [-0.2, 0) is 19.3 Å². The Hall–Kier alpha value is -1.02. The van der Waals surface area contributed by atoms with Crippen molar-refractivity contribution in [3.63, 3.8) is 0 Å². The van der Waals surface area contributed by atoms with E-state index in [0.717, 1.165) is 25.7 Å². The first-order chi connectivity index (χ1) is 10.1. The lowest BCUT2D eigenvalue weighted by molar-refractivity contribution is 0.254. The Kier molecular flexibility index (Phi) is 4.26. The quantitative estimate of drug-likeness (QED) is 0.874. The minimum Gasteiger partial charge on any atom is -0.330 e. The standard InChI is InChI=1S/C18H19Cl2N/c19-16-6-5-13(9-17(16)20)10-18(12-21)8-7-14-3-1-2-4-15(14)11-18/h1-6,9H,7-8,10-12,21H2. The van der Waals surface area contributed by atoms with Crippen LogP contribution in [0.4, 0.5) is 0 Å². The molecule has 0 heterocycles. The van der Waals surface area contributed by atoms with Gasteiger partial charge in [-0.1, -0.05) is 53.5 Å². The van der Waals surface area contributed by atoms with Crippen molar-refractivity contribution in [2.24, 2.45) is 11.1 Å². The fraction of sp³-hybridized carbons (Fsp3) is 0.333. The molecule has 1 aliphatic rings. The van der Waals surface area contributed by atoms with Gasteiger partial charge in [0.25, 0.3) is 0 Å². The molecule has 2 N–H and O–H groups in total. The summed E-state index contributed by atoms with van der Waals surface area (Å²) < 4.78 is 0. The maximum atomic E-state index is 6.15. The van der Waals surface area contributed by atoms with Gasteiger partial charge in [0.1, 0.15) is 0 Å². The zero-order chi connectivity index (χ0) is 14.9. The molecule has 0 fully saturated rings. The van der Waals surface area contributed by atoms with Gasteiger partial charge < -0.3 is 5.73 Å². The van der Waals surface area contributed by atoms with Gasteiger partial charge in [-0.3, -0.25) is 0 Å². The van der Waals surface area contributed by atoms with Crippen LogP contribution in [0.25, 0.3) is 0 Å². The summed E-state index contributed by atoms with van der Waals surface area (Å²) in [5.74, 6) is 0. The van der Waals surface area contributed by atoms with Crippen molar-refractivity contribution in [1.82, 2.24) is 0 Å². The van der Waals surface area contributed by atoms with Gasteiger partial charge >= 0.3 is 0 Å². The minimum absolute atomic E-state index is 0.130. The fourth-order valence-corrected chi connectivity index (χ4v) is 3.67. The molecule has 3 rings (SSSR count). The molecule has 0 amide bonds. The van der Waals surface area contributed by atoms with Crippen molar-refractivity contribution in [2.45, 2.75) is 25.7 Å². The van der Waals surface area contributed by atoms with E-state index in [1.54, 1.807) is 0 Å². The number of hydrogen-bond acceptors (Lipinski definition) is 1. The summed E-state index contributed by atoms with van der Waals surface area (Å²) in [5, 5.41) is 1.23. The van der Waals surface area contributed by atoms with E-state index in [1.807, 2.05) is 12.1 Å². The molecular weight excluding hydrogens is 301 g/mol. The van der Waals surface area contributed by atoms with Gasteiger partial charge in [-0.25, -0.2) is 0 Å². The van der Waals surface area contributed by atoms with Crippen LogP contribution in [0.15, 0.2) is 42.5 Å². The summed E-state index contributed by atoms with van der Waals surface area (Å²) in [7, 11) is 0. The van der Waals surface area contributed by atoms with Crippen molar-refractivity contribution < 1.29 is 0 Å². The highest BCUT2D eigenvalue weighted by Gasteiger charge is 2.33. The number of nitrogens with two attached hydrogens (primary N) is 1. The molecule has 0 bridgehead atoms. The van der Waals surface area contributed by atoms with Crippen LogP contribution in [-0.4, -0.2) is 6.54 Å². The lowest BCUT2D eigenvalue weighted by Gasteiger charge is -2.37. The van der Waals surface area contributed by atoms with E-state index in [1.165, 1.54) is 16.7 Å². The summed E-state index contributed by atoms with van der Waals surface area (Å²) in [6, 6.07) is 14.6. The number of rotatable bonds is 3. The highest BCUT2D eigenvalue weighted by atomic mass is 35.5. The average molecular weight is 320 g/mol.